The molecule has 1 atom stereocenters. The van der Waals surface area contributed by atoms with E-state index >= 15 is 0 Å². The number of hydrazone groups is 1. The van der Waals surface area contributed by atoms with Crippen molar-refractivity contribution in [3.05, 3.63) is 90.0 Å². The van der Waals surface area contributed by atoms with Gasteiger partial charge in [-0.3, -0.25) is 5.01 Å². The summed E-state index contributed by atoms with van der Waals surface area (Å²) in [5.41, 5.74) is 9.32. The Kier molecular flexibility index (Phi) is 7.20. The molecule has 29 heavy (non-hydrogen) atoms. The van der Waals surface area contributed by atoms with Crippen LogP contribution in [0.15, 0.2) is 84.0 Å². The van der Waals surface area contributed by atoms with Gasteiger partial charge >= 0.3 is 0 Å². The molecule has 1 heterocycles. The van der Waals surface area contributed by atoms with Crippen molar-refractivity contribution in [2.75, 3.05) is 12.1 Å². The minimum absolute atomic E-state index is 0. The van der Waals surface area contributed by atoms with E-state index in [4.69, 9.17) is 15.2 Å². The topological polar surface area (TPSA) is 60.1 Å². The molecule has 0 spiro atoms. The molecule has 0 saturated heterocycles. The molecular formula is C23H23N3NaO2. The summed E-state index contributed by atoms with van der Waals surface area (Å²) in [6.45, 7) is 0.553. The van der Waals surface area contributed by atoms with Gasteiger partial charge in [0, 0.05) is 36.0 Å². The van der Waals surface area contributed by atoms with E-state index in [1.165, 1.54) is 0 Å². The van der Waals surface area contributed by atoms with E-state index in [0.29, 0.717) is 18.9 Å². The Hall–Kier alpha value is -2.47. The van der Waals surface area contributed by atoms with Crippen molar-refractivity contribution >= 4 is 41.1 Å². The van der Waals surface area contributed by atoms with Gasteiger partial charge in [-0.05, 0) is 47.5 Å². The van der Waals surface area contributed by atoms with Gasteiger partial charge < -0.3 is 15.2 Å². The third kappa shape index (κ3) is 5.12. The van der Waals surface area contributed by atoms with Crippen molar-refractivity contribution in [2.45, 2.75) is 19.1 Å². The van der Waals surface area contributed by atoms with Gasteiger partial charge in [-0.15, -0.1) is 0 Å². The number of amidine groups is 1. The summed E-state index contributed by atoms with van der Waals surface area (Å²) in [5.74, 6) is 2.29. The van der Waals surface area contributed by atoms with Crippen LogP contribution in [-0.4, -0.2) is 42.5 Å². The molecule has 0 aromatic heterocycles. The number of hydrogen-bond donors (Lipinski definition) is 1. The summed E-state index contributed by atoms with van der Waals surface area (Å²) in [5, 5.41) is 6.49. The molecular weight excluding hydrogens is 373 g/mol. The van der Waals surface area contributed by atoms with Crippen LogP contribution in [0.25, 0.3) is 0 Å². The Morgan fingerprint density at radius 2 is 1.59 bits per heavy atom. The number of rotatable bonds is 6. The number of benzene rings is 3. The zero-order valence-corrected chi connectivity index (χ0v) is 18.8. The average Bonchev–Trinajstić information content (AvgIpc) is 3.15. The van der Waals surface area contributed by atoms with Crippen LogP contribution in [-0.2, 0) is 6.61 Å². The summed E-state index contributed by atoms with van der Waals surface area (Å²) in [7, 11) is 1.66. The van der Waals surface area contributed by atoms with Gasteiger partial charge in [0.05, 0.1) is 18.8 Å². The van der Waals surface area contributed by atoms with E-state index in [2.05, 4.69) is 29.4 Å². The van der Waals surface area contributed by atoms with Gasteiger partial charge in [0.15, 0.2) is 0 Å². The maximum atomic E-state index is 6.05. The van der Waals surface area contributed by atoms with E-state index in [1.54, 1.807) is 7.11 Å². The third-order valence-electron chi connectivity index (χ3n) is 4.78. The Morgan fingerprint density at radius 3 is 2.24 bits per heavy atom. The molecule has 2 N–H and O–H groups in total. The Bertz CT molecular complexity index is 944. The van der Waals surface area contributed by atoms with Crippen molar-refractivity contribution in [3.63, 3.8) is 0 Å². The van der Waals surface area contributed by atoms with Crippen molar-refractivity contribution < 1.29 is 9.47 Å². The van der Waals surface area contributed by atoms with Gasteiger partial charge in [-0.1, -0.05) is 42.5 Å². The monoisotopic (exact) mass is 396 g/mol. The van der Waals surface area contributed by atoms with E-state index in [-0.39, 0.29) is 35.6 Å². The van der Waals surface area contributed by atoms with Gasteiger partial charge in [0.25, 0.3) is 0 Å². The van der Waals surface area contributed by atoms with Crippen molar-refractivity contribution in [3.8, 4) is 11.5 Å². The van der Waals surface area contributed by atoms with Crippen LogP contribution in [0.5, 0.6) is 11.5 Å². The van der Waals surface area contributed by atoms with Crippen LogP contribution in [0.4, 0.5) is 5.69 Å². The molecule has 1 radical (unpaired) electrons. The minimum Gasteiger partial charge on any atom is -0.497 e. The maximum Gasteiger partial charge on any atom is 0.122 e. The van der Waals surface area contributed by atoms with Crippen molar-refractivity contribution in [2.24, 2.45) is 10.8 Å². The summed E-state index contributed by atoms with van der Waals surface area (Å²) in [6.07, 6.45) is 0.691. The predicted molar refractivity (Wildman–Crippen MR) is 117 cm³/mol. The second-order valence-corrected chi connectivity index (χ2v) is 6.70. The fourth-order valence-electron chi connectivity index (χ4n) is 3.29. The SMILES string of the molecule is COc1ccc(N2N=C(N)CC2c2ccc(OCc3ccccc3)cc2)cc1.[Na]. The first-order valence-corrected chi connectivity index (χ1v) is 9.26. The van der Waals surface area contributed by atoms with E-state index < -0.39 is 0 Å². The van der Waals surface area contributed by atoms with Crippen LogP contribution >= 0.6 is 0 Å². The summed E-state index contributed by atoms with van der Waals surface area (Å²) >= 11 is 0. The number of methoxy groups -OCH3 is 1. The molecule has 3 aromatic carbocycles. The smallest absolute Gasteiger partial charge is 0.122 e. The van der Waals surface area contributed by atoms with Gasteiger partial charge in [0.1, 0.15) is 23.9 Å². The molecule has 3 aromatic rings. The number of anilines is 1. The minimum atomic E-state index is 0. The van der Waals surface area contributed by atoms with Crippen LogP contribution < -0.4 is 20.2 Å². The third-order valence-corrected chi connectivity index (χ3v) is 4.78. The molecule has 1 unspecified atom stereocenters. The summed E-state index contributed by atoms with van der Waals surface area (Å²) in [4.78, 5) is 0. The number of nitrogens with two attached hydrogens (primary N) is 1. The molecule has 1 aliphatic heterocycles. The summed E-state index contributed by atoms with van der Waals surface area (Å²) in [6, 6.07) is 26.2. The zero-order valence-electron chi connectivity index (χ0n) is 16.8. The van der Waals surface area contributed by atoms with Gasteiger partial charge in [-0.25, -0.2) is 0 Å². The molecule has 1 aliphatic rings. The second kappa shape index (κ2) is 9.83. The van der Waals surface area contributed by atoms with Crippen LogP contribution in [0.1, 0.15) is 23.6 Å². The second-order valence-electron chi connectivity index (χ2n) is 6.70. The first-order chi connectivity index (χ1) is 13.7. The Balaban J connectivity index is 0.00000240. The number of ether oxygens (including phenoxy) is 2. The number of nitrogens with zero attached hydrogens (tertiary/aromatic N) is 2. The Morgan fingerprint density at radius 1 is 0.931 bits per heavy atom. The van der Waals surface area contributed by atoms with Crippen molar-refractivity contribution in [1.29, 1.82) is 0 Å². The predicted octanol–water partition coefficient (Wildman–Crippen LogP) is 4.12. The standard InChI is InChI=1S/C23H23N3O2.Na/c1-27-20-13-9-19(10-14-20)26-22(15-23(24)25-26)18-7-11-21(12-8-18)28-16-17-5-3-2-4-6-17;/h2-14,22H,15-16H2,1H3,(H2,24,25);. The van der Waals surface area contributed by atoms with Crippen LogP contribution in [0.2, 0.25) is 0 Å². The molecule has 0 bridgehead atoms. The quantitative estimate of drug-likeness (QED) is 0.637. The molecule has 0 saturated carbocycles. The summed E-state index contributed by atoms with van der Waals surface area (Å²) < 4.78 is 11.1. The average molecular weight is 396 g/mol. The van der Waals surface area contributed by atoms with E-state index in [1.807, 2.05) is 59.6 Å². The van der Waals surface area contributed by atoms with Crippen LogP contribution in [0, 0.1) is 0 Å². The van der Waals surface area contributed by atoms with E-state index in [0.717, 1.165) is 28.3 Å². The molecule has 6 heteroatoms. The first kappa shape index (κ1) is 21.2. The zero-order chi connectivity index (χ0) is 19.3. The van der Waals surface area contributed by atoms with Crippen molar-refractivity contribution in [1.82, 2.24) is 0 Å². The largest absolute Gasteiger partial charge is 0.497 e. The Labute approximate surface area is 193 Å². The number of hydrogen-bond acceptors (Lipinski definition) is 5. The molecule has 4 rings (SSSR count). The molecule has 0 amide bonds. The molecule has 0 fully saturated rings. The normalized spacial score (nSPS) is 15.4. The maximum absolute atomic E-state index is 6.05. The first-order valence-electron chi connectivity index (χ1n) is 9.26. The van der Waals surface area contributed by atoms with E-state index in [9.17, 15) is 0 Å². The fourth-order valence-corrected chi connectivity index (χ4v) is 3.29. The van der Waals surface area contributed by atoms with Gasteiger partial charge in [-0.2, -0.15) is 5.10 Å². The van der Waals surface area contributed by atoms with Crippen LogP contribution in [0.3, 0.4) is 0 Å². The molecule has 143 valence electrons. The molecule has 0 aliphatic carbocycles. The fraction of sp³-hybridized carbons (Fsp3) is 0.174. The molecule has 5 nitrogen and oxygen atoms in total. The van der Waals surface area contributed by atoms with Gasteiger partial charge in [0.2, 0.25) is 0 Å².